The van der Waals surface area contributed by atoms with Crippen molar-refractivity contribution in [1.29, 1.82) is 5.41 Å². The van der Waals surface area contributed by atoms with E-state index < -0.39 is 0 Å². The first kappa shape index (κ1) is 25.3. The van der Waals surface area contributed by atoms with E-state index in [0.29, 0.717) is 5.84 Å². The Hall–Kier alpha value is -5.45. The fraction of sp³-hybridized carbons (Fsp3) is 0. The molecular weight excluding hydrogens is 543 g/mol. The summed E-state index contributed by atoms with van der Waals surface area (Å²) in [6, 6.07) is 48.0. The second kappa shape index (κ2) is 10.4. The van der Waals surface area contributed by atoms with Gasteiger partial charge in [-0.15, -0.1) is 11.3 Å². The van der Waals surface area contributed by atoms with Crippen molar-refractivity contribution in [3.05, 3.63) is 156 Å². The molecule has 7 aromatic carbocycles. The van der Waals surface area contributed by atoms with Gasteiger partial charge in [-0.05, 0) is 56.1 Å². The summed E-state index contributed by atoms with van der Waals surface area (Å²) < 4.78 is 2.61. The maximum atomic E-state index is 8.83. The molecule has 0 saturated heterocycles. The lowest BCUT2D eigenvalue weighted by Gasteiger charge is -2.11. The summed E-state index contributed by atoms with van der Waals surface area (Å²) in [5.41, 5.74) is 2.63. The molecule has 0 fully saturated rings. The Labute approximate surface area is 252 Å². The second-order valence-corrected chi connectivity index (χ2v) is 11.7. The molecule has 0 aliphatic heterocycles. The number of aliphatic imine (C=N–C) groups is 2. The van der Waals surface area contributed by atoms with Gasteiger partial charge in [0.15, 0.2) is 11.7 Å². The third-order valence-electron chi connectivity index (χ3n) is 7.99. The topological polar surface area (TPSA) is 48.6 Å². The lowest BCUT2D eigenvalue weighted by Crippen LogP contribution is -2.05. The number of hydrogen-bond donors (Lipinski definition) is 1. The molecule has 202 valence electrons. The Morgan fingerprint density at radius 3 is 2.09 bits per heavy atom. The van der Waals surface area contributed by atoms with Crippen LogP contribution in [0.25, 0.3) is 52.5 Å². The molecule has 4 heteroatoms. The molecule has 1 aromatic heterocycles. The summed E-state index contributed by atoms with van der Waals surface area (Å²) >= 11 is 1.84. The third kappa shape index (κ3) is 4.49. The van der Waals surface area contributed by atoms with E-state index in [1.54, 1.807) is 0 Å². The molecule has 1 heterocycles. The van der Waals surface area contributed by atoms with Crippen molar-refractivity contribution < 1.29 is 0 Å². The van der Waals surface area contributed by atoms with Crippen LogP contribution in [0.15, 0.2) is 150 Å². The van der Waals surface area contributed by atoms with Crippen molar-refractivity contribution in [3.63, 3.8) is 0 Å². The van der Waals surface area contributed by atoms with Gasteiger partial charge in [-0.2, -0.15) is 0 Å². The zero-order chi connectivity index (χ0) is 28.8. The molecule has 3 nitrogen and oxygen atoms in total. The van der Waals surface area contributed by atoms with Crippen LogP contribution < -0.4 is 0 Å². The van der Waals surface area contributed by atoms with Gasteiger partial charge >= 0.3 is 0 Å². The number of fused-ring (bicyclic) bond motifs is 8. The lowest BCUT2D eigenvalue weighted by atomic mass is 9.96. The van der Waals surface area contributed by atoms with Gasteiger partial charge in [-0.1, -0.05) is 121 Å². The third-order valence-corrected chi connectivity index (χ3v) is 9.21. The Kier molecular flexibility index (Phi) is 6.13. The van der Waals surface area contributed by atoms with Crippen LogP contribution in [0.1, 0.15) is 16.7 Å². The standard InChI is InChI=1S/C39H25N3S/c40-38(26-10-2-1-3-11-26)42-39(35-23-27-12-4-5-13-29(27)31-14-6-7-15-32(31)35)41-24-25-18-20-30-28(22-25)19-21-34-33-16-8-9-17-36(33)43-37(30)34/h1-24,40H. The summed E-state index contributed by atoms with van der Waals surface area (Å²) in [6.45, 7) is 0. The number of hydrogen-bond acceptors (Lipinski definition) is 2. The fourth-order valence-electron chi connectivity index (χ4n) is 5.91. The normalized spacial score (nSPS) is 12.3. The molecule has 0 aliphatic rings. The van der Waals surface area contributed by atoms with Gasteiger partial charge in [0.1, 0.15) is 0 Å². The van der Waals surface area contributed by atoms with Crippen LogP contribution in [-0.2, 0) is 0 Å². The predicted octanol–water partition coefficient (Wildman–Crippen LogP) is 10.4. The number of benzene rings is 7. The first-order valence-electron chi connectivity index (χ1n) is 14.2. The van der Waals surface area contributed by atoms with Gasteiger partial charge in [-0.3, -0.25) is 5.41 Å². The van der Waals surface area contributed by atoms with Crippen LogP contribution in [0.4, 0.5) is 0 Å². The summed E-state index contributed by atoms with van der Waals surface area (Å²) in [5.74, 6) is 0.687. The summed E-state index contributed by atoms with van der Waals surface area (Å²) in [7, 11) is 0. The molecule has 0 radical (unpaired) electrons. The van der Waals surface area contributed by atoms with E-state index in [0.717, 1.165) is 32.8 Å². The number of amidine groups is 2. The Morgan fingerprint density at radius 1 is 0.558 bits per heavy atom. The van der Waals surface area contributed by atoms with Crippen LogP contribution in [-0.4, -0.2) is 17.9 Å². The van der Waals surface area contributed by atoms with Gasteiger partial charge in [0, 0.05) is 37.5 Å². The van der Waals surface area contributed by atoms with Gasteiger partial charge in [0.25, 0.3) is 0 Å². The van der Waals surface area contributed by atoms with E-state index in [-0.39, 0.29) is 5.84 Å². The monoisotopic (exact) mass is 567 g/mol. The largest absolute Gasteiger partial charge is 0.282 e. The van der Waals surface area contributed by atoms with Crippen molar-refractivity contribution in [2.24, 2.45) is 9.98 Å². The lowest BCUT2D eigenvalue weighted by molar-refractivity contribution is 1.40. The minimum absolute atomic E-state index is 0.177. The molecule has 1 N–H and O–H groups in total. The Bertz CT molecular complexity index is 2420. The number of rotatable bonds is 3. The molecular formula is C39H25N3S. The van der Waals surface area contributed by atoms with Gasteiger partial charge in [0.05, 0.1) is 0 Å². The van der Waals surface area contributed by atoms with E-state index in [2.05, 4.69) is 103 Å². The quantitative estimate of drug-likeness (QED) is 0.125. The molecule has 0 atom stereocenters. The van der Waals surface area contributed by atoms with Crippen molar-refractivity contribution in [1.82, 2.24) is 0 Å². The van der Waals surface area contributed by atoms with E-state index in [1.165, 1.54) is 36.3 Å². The van der Waals surface area contributed by atoms with Crippen LogP contribution in [0.3, 0.4) is 0 Å². The average molecular weight is 568 g/mol. The highest BCUT2D eigenvalue weighted by atomic mass is 32.1. The van der Waals surface area contributed by atoms with Crippen molar-refractivity contribution in [3.8, 4) is 0 Å². The van der Waals surface area contributed by atoms with E-state index in [9.17, 15) is 0 Å². The highest BCUT2D eigenvalue weighted by Crippen LogP contribution is 2.38. The fourth-order valence-corrected chi connectivity index (χ4v) is 7.15. The SMILES string of the molecule is N=C(N=C(N=Cc1ccc2c(ccc3c4ccccc4sc23)c1)c1cc2ccccc2c2ccccc12)c1ccccc1. The number of nitrogens with zero attached hydrogens (tertiary/aromatic N) is 2. The molecule has 8 aromatic rings. The molecule has 0 amide bonds. The number of thiophene rings is 1. The van der Waals surface area contributed by atoms with E-state index in [1.807, 2.05) is 53.9 Å². The molecule has 0 unspecified atom stereocenters. The van der Waals surface area contributed by atoms with Crippen LogP contribution in [0, 0.1) is 5.41 Å². The predicted molar refractivity (Wildman–Crippen MR) is 186 cm³/mol. The maximum absolute atomic E-state index is 8.83. The van der Waals surface area contributed by atoms with E-state index in [4.69, 9.17) is 15.4 Å². The number of nitrogens with one attached hydrogen (secondary N) is 1. The first-order valence-corrected chi connectivity index (χ1v) is 15.1. The molecule has 0 aliphatic carbocycles. The zero-order valence-corrected chi connectivity index (χ0v) is 24.0. The summed E-state index contributed by atoms with van der Waals surface area (Å²) in [5, 5.41) is 18.4. The highest BCUT2D eigenvalue weighted by molar-refractivity contribution is 7.26. The minimum Gasteiger partial charge on any atom is -0.282 e. The van der Waals surface area contributed by atoms with Gasteiger partial charge in [0.2, 0.25) is 0 Å². The molecule has 8 rings (SSSR count). The highest BCUT2D eigenvalue weighted by Gasteiger charge is 2.13. The van der Waals surface area contributed by atoms with Crippen LogP contribution >= 0.6 is 11.3 Å². The summed E-state index contributed by atoms with van der Waals surface area (Å²) in [6.07, 6.45) is 1.87. The summed E-state index contributed by atoms with van der Waals surface area (Å²) in [4.78, 5) is 9.80. The van der Waals surface area contributed by atoms with Gasteiger partial charge in [-0.25, -0.2) is 9.98 Å². The first-order chi connectivity index (χ1) is 21.2. The molecule has 43 heavy (non-hydrogen) atoms. The Balaban J connectivity index is 1.27. The van der Waals surface area contributed by atoms with Crippen molar-refractivity contribution in [2.75, 3.05) is 0 Å². The van der Waals surface area contributed by atoms with E-state index >= 15 is 0 Å². The average Bonchev–Trinajstić information content (AvgIpc) is 3.46. The van der Waals surface area contributed by atoms with Crippen molar-refractivity contribution in [2.45, 2.75) is 0 Å². The van der Waals surface area contributed by atoms with Crippen molar-refractivity contribution >= 4 is 81.7 Å². The molecule has 0 bridgehead atoms. The molecule has 0 spiro atoms. The smallest absolute Gasteiger partial charge is 0.162 e. The Morgan fingerprint density at radius 2 is 1.23 bits per heavy atom. The second-order valence-electron chi connectivity index (χ2n) is 10.6. The molecule has 0 saturated carbocycles. The maximum Gasteiger partial charge on any atom is 0.162 e. The van der Waals surface area contributed by atoms with Crippen LogP contribution in [0.2, 0.25) is 0 Å². The van der Waals surface area contributed by atoms with Gasteiger partial charge < -0.3 is 0 Å². The zero-order valence-electron chi connectivity index (χ0n) is 23.2. The van der Waals surface area contributed by atoms with Crippen LogP contribution in [0.5, 0.6) is 0 Å². The minimum atomic E-state index is 0.177.